The zero-order valence-corrected chi connectivity index (χ0v) is 9.27. The number of nitrogens with zero attached hydrogens (tertiary/aromatic N) is 3. The summed E-state index contributed by atoms with van der Waals surface area (Å²) in [4.78, 5) is 10.9. The number of rotatable bonds is 1. The van der Waals surface area contributed by atoms with E-state index >= 15 is 0 Å². The molecule has 2 aliphatic rings. The number of fused-ring (bicyclic) bond motifs is 2. The first kappa shape index (κ1) is 9.40. The predicted octanol–water partition coefficient (Wildman–Crippen LogP) is 2.22. The summed E-state index contributed by atoms with van der Waals surface area (Å²) in [5.74, 6) is 1.02. The number of alkyl halides is 1. The summed E-state index contributed by atoms with van der Waals surface area (Å²) in [7, 11) is 0. The molecule has 2 bridgehead atoms. The number of hydrogen-bond donors (Lipinski definition) is 0. The summed E-state index contributed by atoms with van der Waals surface area (Å²) in [6.07, 6.45) is 10.0. The molecule has 4 heteroatoms. The summed E-state index contributed by atoms with van der Waals surface area (Å²) in [6.45, 7) is 0. The zero-order valence-electron chi connectivity index (χ0n) is 8.51. The maximum absolute atomic E-state index is 6.24. The van der Waals surface area contributed by atoms with Crippen LogP contribution < -0.4 is 4.90 Å². The fraction of sp³-hybridized carbons (Fsp3) is 0.636. The lowest BCUT2D eigenvalue weighted by molar-refractivity contribution is 0.470. The highest BCUT2D eigenvalue weighted by Gasteiger charge is 2.40. The first-order chi connectivity index (χ1) is 7.34. The SMILES string of the molecule is ClC1CC2CCC(C1)N2c1cnccn1. The molecule has 3 heterocycles. The zero-order chi connectivity index (χ0) is 10.3. The van der Waals surface area contributed by atoms with Gasteiger partial charge in [-0.05, 0) is 25.7 Å². The topological polar surface area (TPSA) is 29.0 Å². The Morgan fingerprint density at radius 1 is 1.20 bits per heavy atom. The molecule has 0 aliphatic carbocycles. The number of hydrogen-bond acceptors (Lipinski definition) is 3. The minimum Gasteiger partial charge on any atom is -0.349 e. The molecule has 0 radical (unpaired) electrons. The van der Waals surface area contributed by atoms with E-state index in [1.807, 2.05) is 6.20 Å². The third kappa shape index (κ3) is 1.59. The van der Waals surface area contributed by atoms with E-state index in [2.05, 4.69) is 14.9 Å². The molecule has 15 heavy (non-hydrogen) atoms. The van der Waals surface area contributed by atoms with Crippen LogP contribution >= 0.6 is 11.6 Å². The van der Waals surface area contributed by atoms with Crippen LogP contribution in [0.2, 0.25) is 0 Å². The Labute approximate surface area is 94.5 Å². The number of anilines is 1. The first-order valence-corrected chi connectivity index (χ1v) is 5.96. The van der Waals surface area contributed by atoms with E-state index in [1.54, 1.807) is 12.4 Å². The van der Waals surface area contributed by atoms with E-state index in [0.29, 0.717) is 17.5 Å². The molecule has 1 aromatic rings. The maximum atomic E-state index is 6.24. The third-order valence-electron chi connectivity index (χ3n) is 3.49. The van der Waals surface area contributed by atoms with Crippen LogP contribution in [0.1, 0.15) is 25.7 Å². The van der Waals surface area contributed by atoms with Crippen molar-refractivity contribution in [2.75, 3.05) is 4.90 Å². The van der Waals surface area contributed by atoms with E-state index in [1.165, 1.54) is 12.8 Å². The van der Waals surface area contributed by atoms with Crippen LogP contribution in [0.15, 0.2) is 18.6 Å². The van der Waals surface area contributed by atoms with Crippen LogP contribution in [-0.2, 0) is 0 Å². The van der Waals surface area contributed by atoms with Gasteiger partial charge in [-0.2, -0.15) is 0 Å². The van der Waals surface area contributed by atoms with Crippen molar-refractivity contribution in [3.05, 3.63) is 18.6 Å². The summed E-state index contributed by atoms with van der Waals surface area (Å²) in [6, 6.07) is 1.17. The van der Waals surface area contributed by atoms with Crippen molar-refractivity contribution in [1.82, 2.24) is 9.97 Å². The van der Waals surface area contributed by atoms with Gasteiger partial charge >= 0.3 is 0 Å². The van der Waals surface area contributed by atoms with Crippen LogP contribution in [0.4, 0.5) is 5.82 Å². The van der Waals surface area contributed by atoms with Crippen LogP contribution in [-0.4, -0.2) is 27.4 Å². The quantitative estimate of drug-likeness (QED) is 0.684. The van der Waals surface area contributed by atoms with Crippen molar-refractivity contribution < 1.29 is 0 Å². The van der Waals surface area contributed by atoms with E-state index in [0.717, 1.165) is 18.7 Å². The molecule has 2 saturated heterocycles. The monoisotopic (exact) mass is 223 g/mol. The van der Waals surface area contributed by atoms with Crippen molar-refractivity contribution in [2.45, 2.75) is 43.1 Å². The molecule has 2 unspecified atom stereocenters. The summed E-state index contributed by atoms with van der Waals surface area (Å²) < 4.78 is 0. The van der Waals surface area contributed by atoms with Gasteiger partial charge in [0.15, 0.2) is 0 Å². The van der Waals surface area contributed by atoms with Gasteiger partial charge in [-0.3, -0.25) is 4.98 Å². The smallest absolute Gasteiger partial charge is 0.147 e. The van der Waals surface area contributed by atoms with Gasteiger partial charge in [0.25, 0.3) is 0 Å². The Balaban J connectivity index is 1.89. The molecule has 80 valence electrons. The number of aromatic nitrogens is 2. The summed E-state index contributed by atoms with van der Waals surface area (Å²) in [5.41, 5.74) is 0. The molecule has 2 atom stereocenters. The Morgan fingerprint density at radius 2 is 1.93 bits per heavy atom. The van der Waals surface area contributed by atoms with Crippen LogP contribution in [0.25, 0.3) is 0 Å². The molecular weight excluding hydrogens is 210 g/mol. The lowest BCUT2D eigenvalue weighted by Crippen LogP contribution is -2.43. The highest BCUT2D eigenvalue weighted by Crippen LogP contribution is 2.39. The van der Waals surface area contributed by atoms with Crippen LogP contribution in [0.3, 0.4) is 0 Å². The predicted molar refractivity (Wildman–Crippen MR) is 60.2 cm³/mol. The normalized spacial score (nSPS) is 34.5. The molecule has 0 N–H and O–H groups in total. The second kappa shape index (κ2) is 3.63. The van der Waals surface area contributed by atoms with E-state index < -0.39 is 0 Å². The van der Waals surface area contributed by atoms with E-state index in [9.17, 15) is 0 Å². The largest absolute Gasteiger partial charge is 0.349 e. The lowest BCUT2D eigenvalue weighted by Gasteiger charge is -2.37. The van der Waals surface area contributed by atoms with Gasteiger partial charge in [0.2, 0.25) is 0 Å². The van der Waals surface area contributed by atoms with Gasteiger partial charge in [0.05, 0.1) is 6.20 Å². The van der Waals surface area contributed by atoms with E-state index in [4.69, 9.17) is 11.6 Å². The molecule has 3 nitrogen and oxygen atoms in total. The molecular formula is C11H14ClN3. The molecule has 0 amide bonds. The molecule has 2 fully saturated rings. The van der Waals surface area contributed by atoms with Gasteiger partial charge in [0.1, 0.15) is 5.82 Å². The van der Waals surface area contributed by atoms with Crippen molar-refractivity contribution in [2.24, 2.45) is 0 Å². The van der Waals surface area contributed by atoms with Gasteiger partial charge < -0.3 is 4.90 Å². The standard InChI is InChI=1S/C11H14ClN3/c12-8-5-9-1-2-10(6-8)15(9)11-7-13-3-4-14-11/h3-4,7-10H,1-2,5-6H2. The molecule has 3 rings (SSSR count). The van der Waals surface area contributed by atoms with E-state index in [-0.39, 0.29) is 0 Å². The van der Waals surface area contributed by atoms with Gasteiger partial charge in [-0.15, -0.1) is 11.6 Å². The van der Waals surface area contributed by atoms with Crippen molar-refractivity contribution in [3.63, 3.8) is 0 Å². The van der Waals surface area contributed by atoms with Gasteiger partial charge in [-0.25, -0.2) is 4.98 Å². The second-order valence-corrected chi connectivity index (χ2v) is 5.04. The van der Waals surface area contributed by atoms with Crippen molar-refractivity contribution in [3.8, 4) is 0 Å². The number of halogens is 1. The Hall–Kier alpha value is -0.830. The lowest BCUT2D eigenvalue weighted by atomic mass is 10.0. The second-order valence-electron chi connectivity index (χ2n) is 4.42. The minimum absolute atomic E-state index is 0.357. The Kier molecular flexibility index (Phi) is 2.28. The maximum Gasteiger partial charge on any atom is 0.147 e. The highest BCUT2D eigenvalue weighted by molar-refractivity contribution is 6.20. The van der Waals surface area contributed by atoms with Crippen molar-refractivity contribution in [1.29, 1.82) is 0 Å². The minimum atomic E-state index is 0.357. The fourth-order valence-electron chi connectivity index (χ4n) is 2.91. The Bertz CT molecular complexity index is 329. The summed E-state index contributed by atoms with van der Waals surface area (Å²) in [5, 5.41) is 0.357. The number of piperidine rings is 1. The third-order valence-corrected chi connectivity index (χ3v) is 3.85. The first-order valence-electron chi connectivity index (χ1n) is 5.53. The summed E-state index contributed by atoms with van der Waals surface area (Å²) >= 11 is 6.24. The van der Waals surface area contributed by atoms with Crippen LogP contribution in [0, 0.1) is 0 Å². The molecule has 0 aromatic carbocycles. The molecule has 0 saturated carbocycles. The van der Waals surface area contributed by atoms with Crippen LogP contribution in [0.5, 0.6) is 0 Å². The molecule has 1 aromatic heterocycles. The highest BCUT2D eigenvalue weighted by atomic mass is 35.5. The van der Waals surface area contributed by atoms with Gasteiger partial charge in [-0.1, -0.05) is 0 Å². The Morgan fingerprint density at radius 3 is 2.53 bits per heavy atom. The molecule has 2 aliphatic heterocycles. The van der Waals surface area contributed by atoms with Crippen molar-refractivity contribution >= 4 is 17.4 Å². The van der Waals surface area contributed by atoms with Gasteiger partial charge in [0, 0.05) is 29.9 Å². The molecule has 0 spiro atoms. The fourth-order valence-corrected chi connectivity index (χ4v) is 3.32. The average Bonchev–Trinajstić information content (AvgIpc) is 2.53. The average molecular weight is 224 g/mol.